The molecule has 0 fully saturated rings. The maximum Gasteiger partial charge on any atom is 0.310 e. The third-order valence-electron chi connectivity index (χ3n) is 5.31. The van der Waals surface area contributed by atoms with Crippen LogP contribution in [0.5, 0.6) is 0 Å². The minimum atomic E-state index is -1.40. The van der Waals surface area contributed by atoms with Gasteiger partial charge in [0.2, 0.25) is 11.8 Å². The maximum absolute atomic E-state index is 12.3. The quantitative estimate of drug-likeness (QED) is 0.195. The SMILES string of the molecule is CC(C)(CO)C(O)C(=O)NCCC(=O)NCCOC(=O)Cc1ccccc1Nc1c(Cl)cccc1Cl. The van der Waals surface area contributed by atoms with Crippen LogP contribution in [0, 0.1) is 5.41 Å². The number of ether oxygens (including phenoxy) is 1. The van der Waals surface area contributed by atoms with Gasteiger partial charge in [-0.1, -0.05) is 61.3 Å². The van der Waals surface area contributed by atoms with Crippen molar-refractivity contribution in [1.29, 1.82) is 0 Å². The number of hydrogen-bond acceptors (Lipinski definition) is 7. The van der Waals surface area contributed by atoms with Crippen LogP contribution in [0.2, 0.25) is 10.0 Å². The summed E-state index contributed by atoms with van der Waals surface area (Å²) in [5.74, 6) is -1.49. The summed E-state index contributed by atoms with van der Waals surface area (Å²) in [5, 5.41) is 28.2. The number of anilines is 2. The largest absolute Gasteiger partial charge is 0.464 e. The highest BCUT2D eigenvalue weighted by Gasteiger charge is 2.32. The summed E-state index contributed by atoms with van der Waals surface area (Å²) < 4.78 is 5.21. The molecule has 0 saturated heterocycles. The maximum atomic E-state index is 12.3. The van der Waals surface area contributed by atoms with Crippen molar-refractivity contribution >= 4 is 52.4 Å². The molecule has 2 aromatic carbocycles. The summed E-state index contributed by atoms with van der Waals surface area (Å²) in [6.07, 6.45) is -1.42. The third kappa shape index (κ3) is 8.98. The van der Waals surface area contributed by atoms with Crippen LogP contribution >= 0.6 is 23.2 Å². The van der Waals surface area contributed by atoms with Gasteiger partial charge in [0.1, 0.15) is 12.7 Å². The second kappa shape index (κ2) is 14.0. The van der Waals surface area contributed by atoms with Crippen molar-refractivity contribution in [2.24, 2.45) is 5.41 Å². The smallest absolute Gasteiger partial charge is 0.310 e. The molecule has 0 aromatic heterocycles. The topological polar surface area (TPSA) is 137 Å². The molecule has 0 aliphatic heterocycles. The zero-order chi connectivity index (χ0) is 26.7. The Hall–Kier alpha value is -2.85. The van der Waals surface area contributed by atoms with Gasteiger partial charge in [0.05, 0.1) is 35.3 Å². The first-order valence-electron chi connectivity index (χ1n) is 11.3. The summed E-state index contributed by atoms with van der Waals surface area (Å²) in [6, 6.07) is 12.3. The van der Waals surface area contributed by atoms with Crippen molar-refractivity contribution in [3.8, 4) is 0 Å². The number of halogens is 2. The van der Waals surface area contributed by atoms with Gasteiger partial charge >= 0.3 is 5.97 Å². The van der Waals surface area contributed by atoms with Gasteiger partial charge in [-0.3, -0.25) is 14.4 Å². The molecular weight excluding hydrogens is 509 g/mol. The van der Waals surface area contributed by atoms with Crippen LogP contribution in [-0.2, 0) is 25.5 Å². The number of amides is 2. The minimum absolute atomic E-state index is 0.00224. The highest BCUT2D eigenvalue weighted by atomic mass is 35.5. The molecule has 0 spiro atoms. The number of hydrogen-bond donors (Lipinski definition) is 5. The van der Waals surface area contributed by atoms with Crippen LogP contribution in [0.3, 0.4) is 0 Å². The molecular formula is C25H31Cl2N3O6. The van der Waals surface area contributed by atoms with Gasteiger partial charge in [0, 0.05) is 24.1 Å². The summed E-state index contributed by atoms with van der Waals surface area (Å²) in [5.41, 5.74) is 0.887. The Balaban J connectivity index is 1.73. The highest BCUT2D eigenvalue weighted by molar-refractivity contribution is 6.39. The lowest BCUT2D eigenvalue weighted by atomic mass is 9.87. The van der Waals surface area contributed by atoms with E-state index in [0.717, 1.165) is 0 Å². The molecule has 5 N–H and O–H groups in total. The first-order valence-corrected chi connectivity index (χ1v) is 12.1. The Kier molecular flexibility index (Phi) is 11.5. The lowest BCUT2D eigenvalue weighted by Gasteiger charge is -2.27. The highest BCUT2D eigenvalue weighted by Crippen LogP contribution is 2.33. The van der Waals surface area contributed by atoms with E-state index in [0.29, 0.717) is 27.0 Å². The normalized spacial score (nSPS) is 11.9. The molecule has 0 aliphatic carbocycles. The summed E-state index contributed by atoms with van der Waals surface area (Å²) in [4.78, 5) is 36.1. The first-order chi connectivity index (χ1) is 17.0. The molecule has 1 atom stereocenters. The fourth-order valence-corrected chi connectivity index (χ4v) is 3.53. The predicted octanol–water partition coefficient (Wildman–Crippen LogP) is 2.82. The van der Waals surface area contributed by atoms with E-state index in [-0.39, 0.29) is 45.1 Å². The number of carbonyl (C=O) groups is 3. The Labute approximate surface area is 220 Å². The number of carbonyl (C=O) groups excluding carboxylic acids is 3. The molecule has 2 rings (SSSR count). The van der Waals surface area contributed by atoms with Gasteiger partial charge in [0.25, 0.3) is 0 Å². The molecule has 11 heteroatoms. The molecule has 9 nitrogen and oxygen atoms in total. The summed E-state index contributed by atoms with van der Waals surface area (Å²) >= 11 is 12.4. The van der Waals surface area contributed by atoms with E-state index in [4.69, 9.17) is 27.9 Å². The van der Waals surface area contributed by atoms with Crippen LogP contribution < -0.4 is 16.0 Å². The molecule has 0 bridgehead atoms. The van der Waals surface area contributed by atoms with Crippen LogP contribution in [-0.4, -0.2) is 60.4 Å². The molecule has 2 amide bonds. The molecule has 0 aliphatic rings. The number of aliphatic hydroxyl groups excluding tert-OH is 2. The van der Waals surface area contributed by atoms with Gasteiger partial charge in [-0.15, -0.1) is 0 Å². The van der Waals surface area contributed by atoms with Gasteiger partial charge in [-0.25, -0.2) is 0 Å². The minimum Gasteiger partial charge on any atom is -0.464 e. The fourth-order valence-electron chi connectivity index (χ4n) is 3.04. The Bertz CT molecular complexity index is 1040. The number of rotatable bonds is 13. The average Bonchev–Trinajstić information content (AvgIpc) is 2.84. The zero-order valence-corrected chi connectivity index (χ0v) is 21.7. The number of benzene rings is 2. The van der Waals surface area contributed by atoms with E-state index in [1.807, 2.05) is 6.07 Å². The predicted molar refractivity (Wildman–Crippen MR) is 138 cm³/mol. The number of para-hydroxylation sites is 2. The van der Waals surface area contributed by atoms with Crippen LogP contribution in [0.15, 0.2) is 42.5 Å². The number of esters is 1. The molecule has 0 saturated carbocycles. The Morgan fingerprint density at radius 3 is 2.33 bits per heavy atom. The van der Waals surface area contributed by atoms with E-state index < -0.39 is 23.4 Å². The third-order valence-corrected chi connectivity index (χ3v) is 5.94. The van der Waals surface area contributed by atoms with E-state index >= 15 is 0 Å². The number of nitrogens with one attached hydrogen (secondary N) is 3. The molecule has 36 heavy (non-hydrogen) atoms. The first kappa shape index (κ1) is 29.4. The molecule has 0 heterocycles. The number of aliphatic hydroxyl groups is 2. The fraction of sp³-hybridized carbons (Fsp3) is 0.400. The van der Waals surface area contributed by atoms with E-state index in [9.17, 15) is 24.6 Å². The second-order valence-electron chi connectivity index (χ2n) is 8.72. The van der Waals surface area contributed by atoms with E-state index in [1.165, 1.54) is 0 Å². The average molecular weight is 540 g/mol. The molecule has 1 unspecified atom stereocenters. The van der Waals surface area contributed by atoms with Crippen LogP contribution in [0.25, 0.3) is 0 Å². The summed E-state index contributed by atoms with van der Waals surface area (Å²) in [6.45, 7) is 2.84. The Morgan fingerprint density at radius 2 is 1.67 bits per heavy atom. The lowest BCUT2D eigenvalue weighted by Crippen LogP contribution is -2.46. The van der Waals surface area contributed by atoms with Crippen molar-refractivity contribution in [3.63, 3.8) is 0 Å². The standard InChI is InChI=1S/C25H31Cl2N3O6/c1-25(2,15-31)23(34)24(35)29-11-10-20(32)28-12-13-36-21(33)14-16-6-3-4-9-19(16)30-22-17(26)7-5-8-18(22)27/h3-9,23,30-31,34H,10-15H2,1-2H3,(H,28,32)(H,29,35). The Morgan fingerprint density at radius 1 is 1.00 bits per heavy atom. The van der Waals surface area contributed by atoms with Crippen molar-refractivity contribution in [2.45, 2.75) is 32.8 Å². The van der Waals surface area contributed by atoms with Gasteiger partial charge in [0.15, 0.2) is 0 Å². The van der Waals surface area contributed by atoms with Crippen molar-refractivity contribution in [3.05, 3.63) is 58.1 Å². The molecule has 0 radical (unpaired) electrons. The van der Waals surface area contributed by atoms with E-state index in [1.54, 1.807) is 50.2 Å². The van der Waals surface area contributed by atoms with Gasteiger partial charge in [-0.2, -0.15) is 0 Å². The van der Waals surface area contributed by atoms with E-state index in [2.05, 4.69) is 16.0 Å². The van der Waals surface area contributed by atoms with Crippen molar-refractivity contribution < 1.29 is 29.3 Å². The van der Waals surface area contributed by atoms with Crippen molar-refractivity contribution in [2.75, 3.05) is 31.6 Å². The zero-order valence-electron chi connectivity index (χ0n) is 20.1. The van der Waals surface area contributed by atoms with Gasteiger partial charge < -0.3 is 30.9 Å². The monoisotopic (exact) mass is 539 g/mol. The van der Waals surface area contributed by atoms with Crippen LogP contribution in [0.4, 0.5) is 11.4 Å². The lowest BCUT2D eigenvalue weighted by molar-refractivity contribution is -0.143. The van der Waals surface area contributed by atoms with Crippen LogP contribution in [0.1, 0.15) is 25.8 Å². The summed E-state index contributed by atoms with van der Waals surface area (Å²) in [7, 11) is 0. The molecule has 196 valence electrons. The second-order valence-corrected chi connectivity index (χ2v) is 9.53. The van der Waals surface area contributed by atoms with Crippen molar-refractivity contribution in [1.82, 2.24) is 10.6 Å². The molecule has 2 aromatic rings. The van der Waals surface area contributed by atoms with Gasteiger partial charge in [-0.05, 0) is 23.8 Å².